The van der Waals surface area contributed by atoms with Crippen molar-refractivity contribution in [3.05, 3.63) is 120 Å². The van der Waals surface area contributed by atoms with E-state index in [2.05, 4.69) is 99.8 Å². The molecule has 0 N–H and O–H groups in total. The first kappa shape index (κ1) is 27.2. The number of piperidine rings is 1. The van der Waals surface area contributed by atoms with Crippen molar-refractivity contribution in [1.29, 1.82) is 0 Å². The van der Waals surface area contributed by atoms with E-state index in [0.29, 0.717) is 18.4 Å². The first-order valence-corrected chi connectivity index (χ1v) is 13.9. The maximum absolute atomic E-state index is 13.6. The Kier molecular flexibility index (Phi) is 8.49. The summed E-state index contributed by atoms with van der Waals surface area (Å²) in [5.41, 5.74) is 4.82. The molecular formula is C33H37ClN4O. The van der Waals surface area contributed by atoms with E-state index in [9.17, 15) is 4.79 Å². The van der Waals surface area contributed by atoms with E-state index in [4.69, 9.17) is 0 Å². The molecule has 0 radical (unpaired) electrons. The van der Waals surface area contributed by atoms with Crippen LogP contribution in [0.2, 0.25) is 0 Å². The molecule has 5 nitrogen and oxygen atoms in total. The van der Waals surface area contributed by atoms with E-state index in [1.807, 2.05) is 16.9 Å². The Morgan fingerprint density at radius 1 is 0.769 bits per heavy atom. The minimum Gasteiger partial charge on any atom is -0.338 e. The molecule has 2 saturated heterocycles. The van der Waals surface area contributed by atoms with Crippen LogP contribution < -0.4 is 0 Å². The van der Waals surface area contributed by atoms with Crippen LogP contribution >= 0.6 is 12.4 Å². The van der Waals surface area contributed by atoms with E-state index in [1.54, 1.807) is 6.20 Å². The third kappa shape index (κ3) is 5.95. The molecule has 202 valence electrons. The molecule has 6 rings (SSSR count). The average Bonchev–Trinajstić information content (AvgIpc) is 3.61. The van der Waals surface area contributed by atoms with Crippen LogP contribution in [0.15, 0.2) is 103 Å². The molecule has 3 heterocycles. The van der Waals surface area contributed by atoms with Crippen molar-refractivity contribution < 1.29 is 4.79 Å². The van der Waals surface area contributed by atoms with Gasteiger partial charge in [-0.2, -0.15) is 5.10 Å². The Bertz CT molecular complexity index is 1280. The predicted octanol–water partition coefficient (Wildman–Crippen LogP) is 6.33. The number of aromatic nitrogens is 2. The number of carbonyl (C=O) groups is 1. The molecule has 39 heavy (non-hydrogen) atoms. The SMILES string of the molecule is Cl.O=C1N(Cc2ccc(-n3cccn3)cc2)CCC12CCN(CCC(c1ccccc1)c1ccccc1)CC2. The van der Waals surface area contributed by atoms with Gasteiger partial charge in [-0.05, 0) is 80.2 Å². The van der Waals surface area contributed by atoms with Crippen molar-refractivity contribution in [2.75, 3.05) is 26.2 Å². The number of hydrogen-bond donors (Lipinski definition) is 0. The van der Waals surface area contributed by atoms with Crippen LogP contribution in [0.4, 0.5) is 0 Å². The fraction of sp³-hybridized carbons (Fsp3) is 0.333. The van der Waals surface area contributed by atoms with Crippen LogP contribution in [0.25, 0.3) is 5.69 Å². The predicted molar refractivity (Wildman–Crippen MR) is 158 cm³/mol. The van der Waals surface area contributed by atoms with Crippen LogP contribution in [0.3, 0.4) is 0 Å². The van der Waals surface area contributed by atoms with Gasteiger partial charge in [0.1, 0.15) is 0 Å². The average molecular weight is 541 g/mol. The molecule has 3 aromatic carbocycles. The largest absolute Gasteiger partial charge is 0.338 e. The van der Waals surface area contributed by atoms with Crippen LogP contribution in [-0.2, 0) is 11.3 Å². The summed E-state index contributed by atoms with van der Waals surface area (Å²) in [4.78, 5) is 18.2. The van der Waals surface area contributed by atoms with Gasteiger partial charge in [0.15, 0.2) is 0 Å². The van der Waals surface area contributed by atoms with Gasteiger partial charge in [0.25, 0.3) is 0 Å². The van der Waals surface area contributed by atoms with E-state index in [0.717, 1.165) is 57.5 Å². The first-order valence-electron chi connectivity index (χ1n) is 13.9. The van der Waals surface area contributed by atoms with Crippen LogP contribution in [0.1, 0.15) is 48.3 Å². The fourth-order valence-electron chi connectivity index (χ4n) is 6.32. The van der Waals surface area contributed by atoms with Gasteiger partial charge >= 0.3 is 0 Å². The van der Waals surface area contributed by atoms with Crippen molar-refractivity contribution in [3.8, 4) is 5.69 Å². The maximum Gasteiger partial charge on any atom is 0.229 e. The number of likely N-dealkylation sites (tertiary alicyclic amines) is 2. The molecule has 2 aliphatic heterocycles. The number of benzene rings is 3. The highest BCUT2D eigenvalue weighted by molar-refractivity contribution is 5.85. The summed E-state index contributed by atoms with van der Waals surface area (Å²) in [6.07, 6.45) is 7.76. The number of rotatable bonds is 8. The van der Waals surface area contributed by atoms with Gasteiger partial charge in [-0.3, -0.25) is 4.79 Å². The molecule has 6 heteroatoms. The second kappa shape index (κ2) is 12.2. The summed E-state index contributed by atoms with van der Waals surface area (Å²) in [6, 6.07) is 32.1. The Labute approximate surface area is 237 Å². The van der Waals surface area contributed by atoms with Gasteiger partial charge in [0.2, 0.25) is 5.91 Å². The molecule has 4 aromatic rings. The summed E-state index contributed by atoms with van der Waals surface area (Å²) < 4.78 is 1.86. The Morgan fingerprint density at radius 2 is 1.38 bits per heavy atom. The lowest BCUT2D eigenvalue weighted by Crippen LogP contribution is -2.45. The summed E-state index contributed by atoms with van der Waals surface area (Å²) in [7, 11) is 0. The number of nitrogens with zero attached hydrogens (tertiary/aromatic N) is 4. The highest BCUT2D eigenvalue weighted by atomic mass is 35.5. The van der Waals surface area contributed by atoms with Crippen molar-refractivity contribution in [2.45, 2.75) is 38.1 Å². The van der Waals surface area contributed by atoms with Gasteiger partial charge < -0.3 is 9.80 Å². The minimum atomic E-state index is -0.163. The monoisotopic (exact) mass is 540 g/mol. The minimum absolute atomic E-state index is 0. The van der Waals surface area contributed by atoms with E-state index in [1.165, 1.54) is 16.7 Å². The van der Waals surface area contributed by atoms with Crippen LogP contribution in [0.5, 0.6) is 0 Å². The topological polar surface area (TPSA) is 41.4 Å². The number of carbonyl (C=O) groups excluding carboxylic acids is 1. The highest BCUT2D eigenvalue weighted by Crippen LogP contribution is 2.42. The molecule has 2 fully saturated rings. The zero-order valence-electron chi connectivity index (χ0n) is 22.4. The number of halogens is 1. The Hall–Kier alpha value is -3.41. The molecular weight excluding hydrogens is 504 g/mol. The van der Waals surface area contributed by atoms with E-state index in [-0.39, 0.29) is 17.8 Å². The fourth-order valence-corrected chi connectivity index (χ4v) is 6.32. The molecule has 0 unspecified atom stereocenters. The lowest BCUT2D eigenvalue weighted by atomic mass is 9.77. The summed E-state index contributed by atoms with van der Waals surface area (Å²) in [5, 5.41) is 4.30. The second-order valence-electron chi connectivity index (χ2n) is 10.9. The molecule has 2 aliphatic rings. The van der Waals surface area contributed by atoms with Crippen molar-refractivity contribution >= 4 is 18.3 Å². The molecule has 0 atom stereocenters. The van der Waals surface area contributed by atoms with Gasteiger partial charge in [0, 0.05) is 31.4 Å². The Balaban J connectivity index is 0.00000308. The molecule has 1 amide bonds. The molecule has 1 aromatic heterocycles. The van der Waals surface area contributed by atoms with Gasteiger partial charge in [0.05, 0.1) is 11.1 Å². The van der Waals surface area contributed by atoms with Crippen LogP contribution in [0, 0.1) is 5.41 Å². The quantitative estimate of drug-likeness (QED) is 0.262. The van der Waals surface area contributed by atoms with Crippen LogP contribution in [-0.4, -0.2) is 51.7 Å². The molecule has 0 saturated carbocycles. The summed E-state index contributed by atoms with van der Waals surface area (Å²) >= 11 is 0. The summed E-state index contributed by atoms with van der Waals surface area (Å²) in [6.45, 7) is 4.64. The van der Waals surface area contributed by atoms with Gasteiger partial charge in [-0.1, -0.05) is 72.8 Å². The number of amides is 1. The molecule has 0 bridgehead atoms. The van der Waals surface area contributed by atoms with Gasteiger partial charge in [-0.25, -0.2) is 4.68 Å². The lowest BCUT2D eigenvalue weighted by molar-refractivity contribution is -0.138. The van der Waals surface area contributed by atoms with E-state index >= 15 is 0 Å². The standard InChI is InChI=1S/C33H36N4O.ClH/c38-32-33(19-25-36(32)26-27-12-14-30(15-13-27)37-21-7-20-34-37)17-23-35(24-18-33)22-16-31(28-8-3-1-4-9-28)29-10-5-2-6-11-29;/h1-15,20-21,31H,16-19,22-26H2;1H. The van der Waals surface area contributed by atoms with E-state index < -0.39 is 0 Å². The summed E-state index contributed by atoms with van der Waals surface area (Å²) in [5.74, 6) is 0.760. The van der Waals surface area contributed by atoms with Crippen molar-refractivity contribution in [1.82, 2.24) is 19.6 Å². The second-order valence-corrected chi connectivity index (χ2v) is 10.9. The van der Waals surface area contributed by atoms with Crippen molar-refractivity contribution in [3.63, 3.8) is 0 Å². The third-order valence-corrected chi connectivity index (χ3v) is 8.63. The lowest BCUT2D eigenvalue weighted by Gasteiger charge is -2.38. The molecule has 1 spiro atoms. The normalized spacial score (nSPS) is 17.1. The Morgan fingerprint density at radius 3 is 1.97 bits per heavy atom. The smallest absolute Gasteiger partial charge is 0.229 e. The zero-order chi connectivity index (χ0) is 25.8. The zero-order valence-corrected chi connectivity index (χ0v) is 23.2. The molecule has 0 aliphatic carbocycles. The van der Waals surface area contributed by atoms with Gasteiger partial charge in [-0.15, -0.1) is 12.4 Å². The van der Waals surface area contributed by atoms with Crippen molar-refractivity contribution in [2.24, 2.45) is 5.41 Å². The highest BCUT2D eigenvalue weighted by Gasteiger charge is 2.47. The third-order valence-electron chi connectivity index (χ3n) is 8.63. The maximum atomic E-state index is 13.6. The number of hydrogen-bond acceptors (Lipinski definition) is 3. The first-order chi connectivity index (χ1) is 18.7.